The number of nitrogens with zero attached hydrogens (tertiary/aromatic N) is 1. The molecule has 19 heavy (non-hydrogen) atoms. The third kappa shape index (κ3) is 3.67. The number of hydrogen-bond acceptors (Lipinski definition) is 2. The summed E-state index contributed by atoms with van der Waals surface area (Å²) in [5, 5.41) is 3.29. The lowest BCUT2D eigenvalue weighted by Crippen LogP contribution is -2.14. The Bertz CT molecular complexity index is 649. The van der Waals surface area contributed by atoms with E-state index >= 15 is 0 Å². The zero-order valence-electron chi connectivity index (χ0n) is 9.88. The summed E-state index contributed by atoms with van der Waals surface area (Å²) in [5.74, 6) is 0.294. The van der Waals surface area contributed by atoms with Crippen LogP contribution in [0, 0.1) is 10.5 Å². The van der Waals surface area contributed by atoms with Crippen LogP contribution in [0.2, 0.25) is 5.02 Å². The summed E-state index contributed by atoms with van der Waals surface area (Å²) < 4.78 is 1.75. The van der Waals surface area contributed by atoms with Crippen LogP contribution >= 0.6 is 50.1 Å². The molecule has 0 aliphatic rings. The van der Waals surface area contributed by atoms with E-state index in [1.165, 1.54) is 0 Å². The first-order valence-corrected chi connectivity index (χ1v) is 7.61. The Morgan fingerprint density at radius 1 is 1.42 bits per heavy atom. The molecule has 0 fully saturated rings. The summed E-state index contributed by atoms with van der Waals surface area (Å²) in [5.41, 5.74) is 1.54. The minimum Gasteiger partial charge on any atom is -0.307 e. The molecule has 0 saturated carbocycles. The Hall–Kier alpha value is -0.660. The minimum atomic E-state index is -0.221. The number of carbonyl (C=O) groups is 1. The fourth-order valence-corrected chi connectivity index (χ4v) is 2.43. The summed E-state index contributed by atoms with van der Waals surface area (Å²) in [6, 6.07) is 7.00. The summed E-state index contributed by atoms with van der Waals surface area (Å²) in [6.45, 7) is 1.94. The molecule has 1 heterocycles. The van der Waals surface area contributed by atoms with Crippen molar-refractivity contribution in [1.29, 1.82) is 0 Å². The quantitative estimate of drug-likeness (QED) is 0.675. The van der Waals surface area contributed by atoms with Gasteiger partial charge in [-0.1, -0.05) is 11.6 Å². The molecule has 0 atom stereocenters. The van der Waals surface area contributed by atoms with Crippen LogP contribution in [0.15, 0.2) is 34.9 Å². The van der Waals surface area contributed by atoms with E-state index in [1.54, 1.807) is 30.5 Å². The van der Waals surface area contributed by atoms with Gasteiger partial charge in [0.25, 0.3) is 5.91 Å². The predicted octanol–water partition coefficient (Wildman–Crippen LogP) is 4.66. The first kappa shape index (κ1) is 14.7. The number of aryl methyl sites for hydroxylation is 1. The molecular formula is C13H9BrClIN2O. The second kappa shape index (κ2) is 6.19. The first-order chi connectivity index (χ1) is 8.97. The molecule has 1 aromatic heterocycles. The van der Waals surface area contributed by atoms with Gasteiger partial charge in [-0.2, -0.15) is 0 Å². The van der Waals surface area contributed by atoms with Crippen LogP contribution in [-0.4, -0.2) is 10.9 Å². The Morgan fingerprint density at radius 3 is 2.84 bits per heavy atom. The highest BCUT2D eigenvalue weighted by Gasteiger charge is 2.11. The first-order valence-electron chi connectivity index (χ1n) is 5.36. The number of hydrogen-bond donors (Lipinski definition) is 1. The molecule has 2 aromatic rings. The van der Waals surface area contributed by atoms with Gasteiger partial charge >= 0.3 is 0 Å². The Labute approximate surface area is 138 Å². The predicted molar refractivity (Wildman–Crippen MR) is 88.8 cm³/mol. The van der Waals surface area contributed by atoms with E-state index < -0.39 is 0 Å². The topological polar surface area (TPSA) is 42.0 Å². The highest BCUT2D eigenvalue weighted by atomic mass is 127. The summed E-state index contributed by atoms with van der Waals surface area (Å²) in [4.78, 5) is 16.3. The van der Waals surface area contributed by atoms with Crippen LogP contribution in [0.4, 0.5) is 5.82 Å². The normalized spacial score (nSPS) is 10.3. The number of rotatable bonds is 2. The molecule has 3 nitrogen and oxygen atoms in total. The van der Waals surface area contributed by atoms with Gasteiger partial charge in [0.05, 0.1) is 5.56 Å². The van der Waals surface area contributed by atoms with Crippen molar-refractivity contribution in [2.75, 3.05) is 5.32 Å². The number of benzene rings is 1. The maximum absolute atomic E-state index is 12.2. The van der Waals surface area contributed by atoms with Crippen molar-refractivity contribution in [3.8, 4) is 0 Å². The van der Waals surface area contributed by atoms with Crippen molar-refractivity contribution in [3.63, 3.8) is 0 Å². The third-order valence-corrected chi connectivity index (χ3v) is 4.47. The van der Waals surface area contributed by atoms with Crippen LogP contribution in [0.1, 0.15) is 15.9 Å². The van der Waals surface area contributed by atoms with E-state index in [-0.39, 0.29) is 5.91 Å². The van der Waals surface area contributed by atoms with Crippen molar-refractivity contribution < 1.29 is 4.79 Å². The molecule has 98 valence electrons. The lowest BCUT2D eigenvalue weighted by molar-refractivity contribution is 0.102. The fourth-order valence-electron chi connectivity index (χ4n) is 1.46. The molecular weight excluding hydrogens is 442 g/mol. The average Bonchev–Trinajstić information content (AvgIpc) is 2.36. The Morgan fingerprint density at radius 2 is 2.16 bits per heavy atom. The van der Waals surface area contributed by atoms with Gasteiger partial charge in [0, 0.05) is 19.3 Å². The second-order valence-electron chi connectivity index (χ2n) is 3.90. The molecule has 0 unspecified atom stereocenters. The maximum Gasteiger partial charge on any atom is 0.257 e. The molecule has 0 radical (unpaired) electrons. The van der Waals surface area contributed by atoms with Crippen molar-refractivity contribution in [2.24, 2.45) is 0 Å². The molecule has 6 heteroatoms. The molecule has 0 spiro atoms. The molecule has 1 aromatic carbocycles. The van der Waals surface area contributed by atoms with Crippen molar-refractivity contribution in [3.05, 3.63) is 54.7 Å². The number of aromatic nitrogens is 1. The van der Waals surface area contributed by atoms with Crippen molar-refractivity contribution >= 4 is 61.8 Å². The van der Waals surface area contributed by atoms with E-state index in [2.05, 4.69) is 48.8 Å². The smallest absolute Gasteiger partial charge is 0.257 e. The maximum atomic E-state index is 12.2. The number of carbonyl (C=O) groups excluding carboxylic acids is 1. The number of nitrogens with one attached hydrogen (secondary N) is 1. The highest BCUT2D eigenvalue weighted by molar-refractivity contribution is 14.1. The van der Waals surface area contributed by atoms with Gasteiger partial charge in [-0.05, 0) is 75.3 Å². The van der Waals surface area contributed by atoms with Crippen LogP contribution in [0.25, 0.3) is 0 Å². The molecule has 0 bridgehead atoms. The molecule has 1 amide bonds. The van der Waals surface area contributed by atoms with Gasteiger partial charge in [0.2, 0.25) is 0 Å². The number of amides is 1. The van der Waals surface area contributed by atoms with E-state index in [4.69, 9.17) is 11.6 Å². The van der Waals surface area contributed by atoms with E-state index in [1.807, 2.05) is 6.92 Å². The van der Waals surface area contributed by atoms with Crippen molar-refractivity contribution in [1.82, 2.24) is 4.98 Å². The van der Waals surface area contributed by atoms with Crippen LogP contribution in [0.3, 0.4) is 0 Å². The van der Waals surface area contributed by atoms with Gasteiger partial charge in [0.15, 0.2) is 0 Å². The van der Waals surface area contributed by atoms with Gasteiger partial charge in [-0.15, -0.1) is 0 Å². The fraction of sp³-hybridized carbons (Fsp3) is 0.0769. The van der Waals surface area contributed by atoms with Crippen LogP contribution < -0.4 is 5.32 Å². The number of halogens is 3. The molecule has 0 saturated heterocycles. The SMILES string of the molecule is Cc1cc(NC(=O)c2cc(Cl)ccc2I)ncc1Br. The Kier molecular flexibility index (Phi) is 4.81. The van der Waals surface area contributed by atoms with Gasteiger partial charge in [0.1, 0.15) is 5.82 Å². The summed E-state index contributed by atoms with van der Waals surface area (Å²) >= 11 is 11.4. The lowest BCUT2D eigenvalue weighted by Gasteiger charge is -2.08. The molecule has 2 rings (SSSR count). The second-order valence-corrected chi connectivity index (χ2v) is 6.35. The van der Waals surface area contributed by atoms with Crippen LogP contribution in [0.5, 0.6) is 0 Å². The van der Waals surface area contributed by atoms with Crippen molar-refractivity contribution in [2.45, 2.75) is 6.92 Å². The molecule has 0 aliphatic carbocycles. The van der Waals surface area contributed by atoms with Gasteiger partial charge < -0.3 is 5.32 Å². The lowest BCUT2D eigenvalue weighted by atomic mass is 10.2. The highest BCUT2D eigenvalue weighted by Crippen LogP contribution is 2.21. The number of anilines is 1. The van der Waals surface area contributed by atoms with Crippen LogP contribution in [-0.2, 0) is 0 Å². The zero-order valence-corrected chi connectivity index (χ0v) is 14.4. The van der Waals surface area contributed by atoms with Gasteiger partial charge in [-0.3, -0.25) is 4.79 Å². The van der Waals surface area contributed by atoms with E-state index in [0.717, 1.165) is 13.6 Å². The summed E-state index contributed by atoms with van der Waals surface area (Å²) in [7, 11) is 0. The molecule has 0 aliphatic heterocycles. The minimum absolute atomic E-state index is 0.221. The molecule has 1 N–H and O–H groups in total. The standard InChI is InChI=1S/C13H9BrClIN2O/c1-7-4-12(17-6-10(7)14)18-13(19)9-5-8(15)2-3-11(9)16/h2-6H,1H3,(H,17,18,19). The third-order valence-electron chi connectivity index (χ3n) is 2.46. The monoisotopic (exact) mass is 450 g/mol. The zero-order chi connectivity index (χ0) is 14.0. The van der Waals surface area contributed by atoms with Gasteiger partial charge in [-0.25, -0.2) is 4.98 Å². The van der Waals surface area contributed by atoms with E-state index in [9.17, 15) is 4.79 Å². The average molecular weight is 451 g/mol. The number of pyridine rings is 1. The Balaban J connectivity index is 2.25. The van der Waals surface area contributed by atoms with E-state index in [0.29, 0.717) is 16.4 Å². The largest absolute Gasteiger partial charge is 0.307 e. The summed E-state index contributed by atoms with van der Waals surface area (Å²) in [6.07, 6.45) is 1.66.